The van der Waals surface area contributed by atoms with Crippen LogP contribution in [0, 0.1) is 28.6 Å². The van der Waals surface area contributed by atoms with Gasteiger partial charge in [-0.05, 0) is 153 Å². The first-order valence-corrected chi connectivity index (χ1v) is 35.9. The van der Waals surface area contributed by atoms with E-state index in [2.05, 4.69) is 53.2 Å². The van der Waals surface area contributed by atoms with Crippen molar-refractivity contribution in [3.63, 3.8) is 0 Å². The summed E-state index contributed by atoms with van der Waals surface area (Å²) in [5, 5.41) is 69.9. The van der Waals surface area contributed by atoms with Gasteiger partial charge in [0.05, 0.1) is 24.4 Å². The van der Waals surface area contributed by atoms with E-state index in [0.29, 0.717) is 23.1 Å². The predicted octanol–water partition coefficient (Wildman–Crippen LogP) is -3.68. The topological polar surface area (TPSA) is 529 Å². The minimum atomic E-state index is -2.23. The van der Waals surface area contributed by atoms with E-state index in [0.717, 1.165) is 0 Å². The molecule has 8 rings (SSSR count). The summed E-state index contributed by atoms with van der Waals surface area (Å²) in [4.78, 5) is 169. The third-order valence-electron chi connectivity index (χ3n) is 21.5. The van der Waals surface area contributed by atoms with Crippen LogP contribution in [0.5, 0.6) is 0 Å². The van der Waals surface area contributed by atoms with Gasteiger partial charge in [-0.2, -0.15) is 0 Å². The zero-order valence-electron chi connectivity index (χ0n) is 60.0. The molecule has 3 saturated carbocycles. The molecule has 33 heteroatoms. The number of benzene rings is 2. The van der Waals surface area contributed by atoms with Gasteiger partial charge in [-0.25, -0.2) is 4.39 Å². The maximum absolute atomic E-state index is 18.0. The van der Waals surface area contributed by atoms with E-state index in [1.165, 1.54) is 56.3 Å². The van der Waals surface area contributed by atoms with Crippen LogP contribution < -0.4 is 76.1 Å². The Labute approximate surface area is 607 Å². The first-order chi connectivity index (χ1) is 49.7. The molecule has 0 aromatic heterocycles. The number of aliphatic hydroxyl groups is 4. The predicted molar refractivity (Wildman–Crippen MR) is 376 cm³/mol. The van der Waals surface area contributed by atoms with Gasteiger partial charge in [-0.15, -0.1) is 0 Å². The number of carbonyl (C=O) groups excluding carboxylic acids is 12. The van der Waals surface area contributed by atoms with E-state index >= 15 is 4.39 Å². The third-order valence-corrected chi connectivity index (χ3v) is 21.5. The van der Waals surface area contributed by atoms with Gasteiger partial charge in [-0.3, -0.25) is 57.5 Å². The van der Waals surface area contributed by atoms with Gasteiger partial charge < -0.3 is 106 Å². The molecule has 2 aliphatic heterocycles. The second kappa shape index (κ2) is 35.3. The molecule has 2 aromatic carbocycles. The average molecular weight is 1470 g/mol. The van der Waals surface area contributed by atoms with Crippen molar-refractivity contribution in [2.75, 3.05) is 39.3 Å². The molecule has 4 aliphatic carbocycles. The number of carbonyl (C=O) groups is 12. The van der Waals surface area contributed by atoms with Gasteiger partial charge in [0, 0.05) is 40.8 Å². The monoisotopic (exact) mass is 1470 g/mol. The SMILES string of the molecule is CC(C)C[C@@H]1NC(=O)[C@@H](Cc2ccccc2)NC(=O)[C@H](CCN)NC(=O)[C@@H](NC(=O)[C@H](CCN)NC(=O)[C@@H](NC(=O)c2ccc(C3O[C@H]4C[C@H]5[C@@H]6CCC7=CC(=O)C=C[C@]7(C)[C@@]6(F)[C@@H](O)C[C@]5(C)[C@]4(C(=O)CO)O3)cc2)[C@@H](C)O)CCNC(=O)[C@H]([C@@H](C)O)NC(=O)[C@H](CCN)NC(=O)[C@H](CCN)NC1=O. The van der Waals surface area contributed by atoms with Crippen LogP contribution in [0.1, 0.15) is 134 Å². The number of ketones is 2. The number of Topliss-reactive ketones (excluding diaryl/α,β-unsaturated/α-hetero) is 1. The molecule has 105 heavy (non-hydrogen) atoms. The Balaban J connectivity index is 1.00. The highest BCUT2D eigenvalue weighted by molar-refractivity contribution is 6.02. The van der Waals surface area contributed by atoms with Crippen LogP contribution >= 0.6 is 0 Å². The number of amides is 10. The average Bonchev–Trinajstić information content (AvgIpc) is 1.52. The molecular formula is C72H103FN14O18. The number of ether oxygens (including phenoxy) is 2. The molecule has 10 amide bonds. The smallest absolute Gasteiger partial charge is 0.252 e. The summed E-state index contributed by atoms with van der Waals surface area (Å²) in [5.41, 5.74) is 18.5. The van der Waals surface area contributed by atoms with Crippen LogP contribution in [0.3, 0.4) is 0 Å². The Morgan fingerprint density at radius 3 is 1.83 bits per heavy atom. The fraction of sp³-hybridized carbons (Fsp3) is 0.611. The number of nitrogens with one attached hydrogen (secondary N) is 10. The Kier molecular flexibility index (Phi) is 27.6. The number of hydrogen-bond donors (Lipinski definition) is 18. The quantitative estimate of drug-likeness (QED) is 0.0510. The Hall–Kier alpha value is -8.51. The van der Waals surface area contributed by atoms with Crippen molar-refractivity contribution in [2.24, 2.45) is 51.5 Å². The molecule has 0 bridgehead atoms. The maximum atomic E-state index is 18.0. The summed E-state index contributed by atoms with van der Waals surface area (Å²) < 4.78 is 31.1. The molecule has 0 radical (unpaired) electrons. The molecule has 22 N–H and O–H groups in total. The molecule has 6 aliphatic rings. The number of allylic oxidation sites excluding steroid dienone is 4. The Morgan fingerprint density at radius 1 is 0.686 bits per heavy atom. The number of hydrogen-bond acceptors (Lipinski definition) is 22. The molecule has 0 spiro atoms. The number of rotatable bonds is 23. The van der Waals surface area contributed by atoms with E-state index in [-0.39, 0.29) is 101 Å². The zero-order valence-corrected chi connectivity index (χ0v) is 60.0. The van der Waals surface area contributed by atoms with Crippen LogP contribution in [-0.4, -0.2) is 220 Å². The number of halogens is 1. The van der Waals surface area contributed by atoms with Gasteiger partial charge in [0.25, 0.3) is 5.91 Å². The van der Waals surface area contributed by atoms with Crippen molar-refractivity contribution in [1.29, 1.82) is 0 Å². The van der Waals surface area contributed by atoms with Gasteiger partial charge in [-0.1, -0.05) is 74.9 Å². The number of aliphatic hydroxyl groups excluding tert-OH is 4. The van der Waals surface area contributed by atoms with Crippen LogP contribution in [-0.2, 0) is 68.6 Å². The van der Waals surface area contributed by atoms with Crippen LogP contribution in [0.15, 0.2) is 78.4 Å². The third kappa shape index (κ3) is 17.8. The summed E-state index contributed by atoms with van der Waals surface area (Å²) in [5.74, 6) is -12.2. The van der Waals surface area contributed by atoms with Crippen molar-refractivity contribution in [1.82, 2.24) is 53.2 Å². The second-order valence-corrected chi connectivity index (χ2v) is 29.1. The molecule has 5 fully saturated rings. The maximum Gasteiger partial charge on any atom is 0.252 e. The second-order valence-electron chi connectivity index (χ2n) is 29.1. The van der Waals surface area contributed by atoms with Crippen molar-refractivity contribution >= 4 is 70.6 Å². The van der Waals surface area contributed by atoms with Gasteiger partial charge >= 0.3 is 0 Å². The van der Waals surface area contributed by atoms with E-state index < -0.39 is 203 Å². The molecule has 576 valence electrons. The van der Waals surface area contributed by atoms with Crippen molar-refractivity contribution < 1.29 is 91.8 Å². The molecule has 20 atom stereocenters. The van der Waals surface area contributed by atoms with Gasteiger partial charge in [0.15, 0.2) is 29.1 Å². The van der Waals surface area contributed by atoms with Crippen molar-refractivity contribution in [2.45, 2.75) is 209 Å². The molecule has 32 nitrogen and oxygen atoms in total. The molecule has 2 saturated heterocycles. The highest BCUT2D eigenvalue weighted by atomic mass is 19.1. The lowest BCUT2D eigenvalue weighted by Gasteiger charge is -2.62. The van der Waals surface area contributed by atoms with Crippen LogP contribution in [0.4, 0.5) is 4.39 Å². The lowest BCUT2D eigenvalue weighted by atomic mass is 9.44. The van der Waals surface area contributed by atoms with E-state index in [4.69, 9.17) is 32.4 Å². The van der Waals surface area contributed by atoms with Crippen molar-refractivity contribution in [3.8, 4) is 0 Å². The number of alkyl halides is 1. The molecular weight excluding hydrogens is 1370 g/mol. The van der Waals surface area contributed by atoms with E-state index in [1.807, 2.05) is 0 Å². The van der Waals surface area contributed by atoms with Gasteiger partial charge in [0.1, 0.15) is 61.0 Å². The molecule has 2 heterocycles. The first-order valence-electron chi connectivity index (χ1n) is 35.9. The minimum Gasteiger partial charge on any atom is -0.391 e. The normalized spacial score (nSPS) is 32.4. The van der Waals surface area contributed by atoms with Gasteiger partial charge in [0.2, 0.25) is 53.2 Å². The summed E-state index contributed by atoms with van der Waals surface area (Å²) in [6, 6.07) is 0.110. The zero-order chi connectivity index (χ0) is 77.0. The molecule has 2 aromatic rings. The fourth-order valence-electron chi connectivity index (χ4n) is 15.9. The summed E-state index contributed by atoms with van der Waals surface area (Å²) in [6.07, 6.45) is -3.94. The Bertz CT molecular complexity index is 3610. The summed E-state index contributed by atoms with van der Waals surface area (Å²) in [6.45, 7) is 7.07. The van der Waals surface area contributed by atoms with Crippen LogP contribution in [0.2, 0.25) is 0 Å². The van der Waals surface area contributed by atoms with Crippen LogP contribution in [0.25, 0.3) is 0 Å². The first kappa shape index (κ1) is 82.1. The Morgan fingerprint density at radius 2 is 1.26 bits per heavy atom. The fourth-order valence-corrected chi connectivity index (χ4v) is 15.9. The minimum absolute atomic E-state index is 0.0228. The summed E-state index contributed by atoms with van der Waals surface area (Å²) in [7, 11) is 0. The lowest BCUT2D eigenvalue weighted by Crippen LogP contribution is -2.69. The van der Waals surface area contributed by atoms with E-state index in [1.54, 1.807) is 58.0 Å². The number of fused-ring (bicyclic) bond motifs is 7. The number of nitrogens with two attached hydrogens (primary N) is 4. The summed E-state index contributed by atoms with van der Waals surface area (Å²) >= 11 is 0. The standard InChI is InChI=1S/C72H103FN14O18/c1-36(2)30-51-64(100)81-46(19-25-74)59(95)80-49(22-28-77)63(99)87-56(37(3)89)66(102)78-29-23-50(62(98)79-47(20-26-75)61(97)85-52(65(101)84-51)31-39-10-8-7-9-11-39)82-60(96)48(21-27-76)83-67(103)57(38(4)90)86-58(94)40-12-14-41(15-13-40)68-104-55-33-45-44-17-16-42-32-43(91)18-24-69(42,5)71(44,73)53(92)34-70(45,6)72(55,105-68)54(93)35-88/h7-15,18,24,32,36-38,44-53,55-57,68,88-90,92H,16-17,19-23,25-31,33-35,74-77H2,1-6H3,(H,78,102)(H,79,98)(H,80,95)(H,81,100)(H,82,96)(H,83,103)(H,84,101)(H,85,97)(H,86,94)(H,87,99)/t37-,38-,44+,45+,46+,47+,48+,49+,50+,51+,52-,53+,55+,56+,57+,68?,69+,70+,71+,72-/m1/s1. The highest BCUT2D eigenvalue weighted by Gasteiger charge is 2.79. The lowest BCUT2D eigenvalue weighted by molar-refractivity contribution is -0.231. The van der Waals surface area contributed by atoms with Crippen molar-refractivity contribution in [3.05, 3.63) is 95.1 Å². The largest absolute Gasteiger partial charge is 0.391 e. The highest BCUT2D eigenvalue weighted by Crippen LogP contribution is 2.72. The van der Waals surface area contributed by atoms with E-state index in [9.17, 15) is 78.0 Å². The molecule has 1 unspecified atom stereocenters.